The monoisotopic (exact) mass is 483 g/mol. The summed E-state index contributed by atoms with van der Waals surface area (Å²) in [6.07, 6.45) is 3.57. The first-order chi connectivity index (χ1) is 16.3. The summed E-state index contributed by atoms with van der Waals surface area (Å²) in [7, 11) is 1.46. The lowest BCUT2D eigenvalue weighted by Gasteiger charge is -2.30. The van der Waals surface area contributed by atoms with E-state index in [1.54, 1.807) is 18.3 Å². The first-order valence-electron chi connectivity index (χ1n) is 11.0. The van der Waals surface area contributed by atoms with Crippen molar-refractivity contribution in [1.29, 1.82) is 0 Å². The molecule has 0 radical (unpaired) electrons. The molecule has 178 valence electrons. The molecule has 1 aliphatic rings. The number of pyridine rings is 1. The number of halogens is 1. The maximum atomic E-state index is 12.4. The molecule has 0 unspecified atom stereocenters. The quantitative estimate of drug-likeness (QED) is 0.343. The summed E-state index contributed by atoms with van der Waals surface area (Å²) < 4.78 is 5.24. The van der Waals surface area contributed by atoms with E-state index in [-0.39, 0.29) is 34.4 Å². The Morgan fingerprint density at radius 2 is 1.79 bits per heavy atom. The topological polar surface area (TPSA) is 121 Å². The van der Waals surface area contributed by atoms with Gasteiger partial charge in [-0.15, -0.1) is 0 Å². The molecule has 1 aromatic heterocycles. The second-order valence-corrected chi connectivity index (χ2v) is 8.89. The molecule has 4 N–H and O–H groups in total. The Kier molecular flexibility index (Phi) is 6.79. The smallest absolute Gasteiger partial charge is 0.404 e. The average molecular weight is 484 g/mol. The standard InChI is InChI=1S/C25H26ClN3O5/c1-13(30)19-12-27-21-8-3-14(15-10-20(26)24(31)22(11-15)34-2)9-18(21)23(19)28-16-4-6-17(7-5-16)29-25(32)33/h3,8-12,16-17,29,31H,4-7H2,1-2H3,(H,27,28)(H,32,33)/t16-,17-. The van der Waals surface area contributed by atoms with Crippen LogP contribution in [0.5, 0.6) is 11.5 Å². The highest BCUT2D eigenvalue weighted by Gasteiger charge is 2.24. The van der Waals surface area contributed by atoms with Crippen LogP contribution in [0.4, 0.5) is 10.5 Å². The van der Waals surface area contributed by atoms with Crippen LogP contribution < -0.4 is 15.4 Å². The molecule has 8 nitrogen and oxygen atoms in total. The largest absolute Gasteiger partial charge is 0.503 e. The second-order valence-electron chi connectivity index (χ2n) is 8.49. The number of carboxylic acid groups (broad SMARTS) is 1. The first-order valence-corrected chi connectivity index (χ1v) is 11.4. The van der Waals surface area contributed by atoms with Gasteiger partial charge in [0.1, 0.15) is 0 Å². The van der Waals surface area contributed by atoms with Gasteiger partial charge in [0.05, 0.1) is 28.9 Å². The molecule has 9 heteroatoms. The molecule has 1 aliphatic carbocycles. The number of phenols is 1. The summed E-state index contributed by atoms with van der Waals surface area (Å²) in [4.78, 5) is 27.8. The summed E-state index contributed by atoms with van der Waals surface area (Å²) in [5.74, 6) is 0.0470. The van der Waals surface area contributed by atoms with Gasteiger partial charge in [-0.1, -0.05) is 17.7 Å². The summed E-state index contributed by atoms with van der Waals surface area (Å²) in [6, 6.07) is 9.12. The van der Waals surface area contributed by atoms with E-state index in [9.17, 15) is 14.7 Å². The van der Waals surface area contributed by atoms with E-state index in [4.69, 9.17) is 21.4 Å². The minimum atomic E-state index is -1.01. The van der Waals surface area contributed by atoms with Gasteiger partial charge in [0.25, 0.3) is 0 Å². The Morgan fingerprint density at radius 1 is 1.09 bits per heavy atom. The van der Waals surface area contributed by atoms with Gasteiger partial charge in [-0.2, -0.15) is 0 Å². The van der Waals surface area contributed by atoms with Crippen LogP contribution in [-0.2, 0) is 0 Å². The minimum absolute atomic E-state index is 0.0576. The lowest BCUT2D eigenvalue weighted by molar-refractivity contribution is 0.101. The van der Waals surface area contributed by atoms with Gasteiger partial charge >= 0.3 is 6.09 Å². The third kappa shape index (κ3) is 4.87. The molecular formula is C25H26ClN3O5. The number of ketones is 1. The Labute approximate surface area is 201 Å². The number of phenolic OH excluding ortho intramolecular Hbond substituents is 1. The molecule has 0 aliphatic heterocycles. The van der Waals surface area contributed by atoms with Crippen LogP contribution in [0.25, 0.3) is 22.0 Å². The molecule has 0 spiro atoms. The van der Waals surface area contributed by atoms with Crippen LogP contribution in [0.1, 0.15) is 43.0 Å². The van der Waals surface area contributed by atoms with E-state index in [0.29, 0.717) is 11.3 Å². The molecule has 3 aromatic rings. The highest BCUT2D eigenvalue weighted by molar-refractivity contribution is 6.32. The number of aromatic hydroxyl groups is 1. The minimum Gasteiger partial charge on any atom is -0.503 e. The Morgan fingerprint density at radius 3 is 2.44 bits per heavy atom. The third-order valence-corrected chi connectivity index (χ3v) is 6.52. The van der Waals surface area contributed by atoms with E-state index >= 15 is 0 Å². The second kappa shape index (κ2) is 9.77. The fourth-order valence-electron chi connectivity index (χ4n) is 4.45. The fraction of sp³-hybridized carbons (Fsp3) is 0.320. The number of rotatable bonds is 6. The van der Waals surface area contributed by atoms with Gasteiger partial charge < -0.3 is 25.6 Å². The molecule has 0 bridgehead atoms. The summed E-state index contributed by atoms with van der Waals surface area (Å²) in [5, 5.41) is 26.1. The molecule has 1 heterocycles. The van der Waals surface area contributed by atoms with Gasteiger partial charge in [-0.25, -0.2) is 4.79 Å². The van der Waals surface area contributed by atoms with Crippen molar-refractivity contribution in [2.24, 2.45) is 0 Å². The molecule has 0 saturated heterocycles. The normalized spacial score (nSPS) is 17.9. The number of anilines is 1. The van der Waals surface area contributed by atoms with E-state index in [0.717, 1.165) is 47.7 Å². The van der Waals surface area contributed by atoms with Crippen LogP contribution in [0.3, 0.4) is 0 Å². The molecule has 34 heavy (non-hydrogen) atoms. The van der Waals surface area contributed by atoms with Crippen molar-refractivity contribution in [2.75, 3.05) is 12.4 Å². The third-order valence-electron chi connectivity index (χ3n) is 6.23. The molecular weight excluding hydrogens is 458 g/mol. The van der Waals surface area contributed by atoms with Crippen molar-refractivity contribution >= 4 is 40.1 Å². The van der Waals surface area contributed by atoms with Crippen molar-refractivity contribution in [1.82, 2.24) is 10.3 Å². The van der Waals surface area contributed by atoms with Crippen molar-refractivity contribution in [3.05, 3.63) is 47.1 Å². The number of fused-ring (bicyclic) bond motifs is 1. The van der Waals surface area contributed by atoms with Crippen LogP contribution >= 0.6 is 11.6 Å². The molecule has 0 atom stereocenters. The van der Waals surface area contributed by atoms with Gasteiger partial charge in [-0.05, 0) is 68.0 Å². The molecule has 2 aromatic carbocycles. The van der Waals surface area contributed by atoms with Gasteiger partial charge in [0.15, 0.2) is 17.3 Å². The van der Waals surface area contributed by atoms with E-state index in [2.05, 4.69) is 15.6 Å². The van der Waals surface area contributed by atoms with Gasteiger partial charge in [0, 0.05) is 23.7 Å². The highest BCUT2D eigenvalue weighted by Crippen LogP contribution is 2.40. The molecule has 1 amide bonds. The zero-order valence-electron chi connectivity index (χ0n) is 18.9. The van der Waals surface area contributed by atoms with Crippen LogP contribution in [0.2, 0.25) is 5.02 Å². The number of methoxy groups -OCH3 is 1. The number of carbonyl (C=O) groups is 2. The Bertz CT molecular complexity index is 1260. The maximum absolute atomic E-state index is 12.4. The predicted octanol–water partition coefficient (Wildman–Crippen LogP) is 5.46. The zero-order valence-corrected chi connectivity index (χ0v) is 19.6. The lowest BCUT2D eigenvalue weighted by atomic mass is 9.90. The highest BCUT2D eigenvalue weighted by atomic mass is 35.5. The van der Waals surface area contributed by atoms with Gasteiger partial charge in [-0.3, -0.25) is 9.78 Å². The Hall–Kier alpha value is -3.52. The molecule has 4 rings (SSSR count). The molecule has 1 saturated carbocycles. The zero-order chi connectivity index (χ0) is 24.4. The molecule has 1 fully saturated rings. The number of ether oxygens (including phenoxy) is 1. The predicted molar refractivity (Wildman–Crippen MR) is 131 cm³/mol. The van der Waals surface area contributed by atoms with Gasteiger partial charge in [0.2, 0.25) is 0 Å². The number of aromatic nitrogens is 1. The number of nitrogens with one attached hydrogen (secondary N) is 2. The fourth-order valence-corrected chi connectivity index (χ4v) is 4.66. The van der Waals surface area contributed by atoms with Crippen molar-refractivity contribution < 1.29 is 24.5 Å². The van der Waals surface area contributed by atoms with Crippen LogP contribution in [-0.4, -0.2) is 46.3 Å². The number of hydrogen-bond acceptors (Lipinski definition) is 6. The number of benzene rings is 2. The summed E-state index contributed by atoms with van der Waals surface area (Å²) in [5.41, 5.74) is 3.52. The summed E-state index contributed by atoms with van der Waals surface area (Å²) >= 11 is 6.19. The van der Waals surface area contributed by atoms with E-state index in [1.807, 2.05) is 18.2 Å². The lowest BCUT2D eigenvalue weighted by Crippen LogP contribution is -2.39. The number of carbonyl (C=O) groups excluding carboxylic acids is 1. The number of amides is 1. The van der Waals surface area contributed by atoms with E-state index < -0.39 is 6.09 Å². The SMILES string of the molecule is COc1cc(-c2ccc3ncc(C(C)=O)c(N[C@H]4CC[C@H](NC(=O)O)CC4)c3c2)cc(Cl)c1O. The van der Waals surface area contributed by atoms with E-state index in [1.165, 1.54) is 14.0 Å². The van der Waals surface area contributed by atoms with Crippen molar-refractivity contribution in [3.8, 4) is 22.6 Å². The van der Waals surface area contributed by atoms with Crippen molar-refractivity contribution in [3.63, 3.8) is 0 Å². The number of nitrogens with zero attached hydrogens (tertiary/aromatic N) is 1. The average Bonchev–Trinajstić information content (AvgIpc) is 2.81. The van der Waals surface area contributed by atoms with Crippen LogP contribution in [0.15, 0.2) is 36.5 Å². The Balaban J connectivity index is 1.72. The maximum Gasteiger partial charge on any atom is 0.404 e. The van der Waals surface area contributed by atoms with Crippen molar-refractivity contribution in [2.45, 2.75) is 44.7 Å². The number of Topliss-reactive ketones (excluding diaryl/α,β-unsaturated/α-hetero) is 1. The number of hydrogen-bond donors (Lipinski definition) is 4. The first kappa shape index (κ1) is 23.6. The van der Waals surface area contributed by atoms with Crippen LogP contribution in [0, 0.1) is 0 Å². The summed E-state index contributed by atoms with van der Waals surface area (Å²) in [6.45, 7) is 1.51.